The minimum absolute atomic E-state index is 0.410. The lowest BCUT2D eigenvalue weighted by Crippen LogP contribution is -2.48. The van der Waals surface area contributed by atoms with Crippen LogP contribution in [0.1, 0.15) is 31.2 Å². The average Bonchev–Trinajstić information content (AvgIpc) is 3.09. The van der Waals surface area contributed by atoms with E-state index in [1.54, 1.807) is 0 Å². The second-order valence-electron chi connectivity index (χ2n) is 6.86. The molecule has 1 aromatic heterocycles. The number of rotatable bonds is 7. The summed E-state index contributed by atoms with van der Waals surface area (Å²) < 4.78 is 5.35. The van der Waals surface area contributed by atoms with Gasteiger partial charge in [-0.05, 0) is 24.1 Å². The van der Waals surface area contributed by atoms with Crippen molar-refractivity contribution < 1.29 is 4.52 Å². The molecule has 0 radical (unpaired) electrons. The summed E-state index contributed by atoms with van der Waals surface area (Å²) in [6, 6.07) is 10.2. The van der Waals surface area contributed by atoms with E-state index in [1.807, 2.05) is 24.3 Å². The Morgan fingerprint density at radius 1 is 1.20 bits per heavy atom. The maximum absolute atomic E-state index is 6.09. The molecule has 0 amide bonds. The Labute approximate surface area is 154 Å². The lowest BCUT2D eigenvalue weighted by Gasteiger charge is -2.36. The molecule has 25 heavy (non-hydrogen) atoms. The van der Waals surface area contributed by atoms with Crippen molar-refractivity contribution in [1.82, 2.24) is 15.4 Å². The third-order valence-corrected chi connectivity index (χ3v) is 4.85. The van der Waals surface area contributed by atoms with Crippen LogP contribution in [-0.4, -0.2) is 49.3 Å². The summed E-state index contributed by atoms with van der Waals surface area (Å²) in [5.74, 6) is 1.32. The topological polar surface area (TPSA) is 44.5 Å². The number of hydrogen-bond acceptors (Lipinski definition) is 5. The molecular formula is C19H27ClN4O. The SMILES string of the molecule is CC(C)c1cc(CNCCN2CCN(c3cccc(Cl)c3)CC2)on1. The van der Waals surface area contributed by atoms with E-state index in [4.69, 9.17) is 16.1 Å². The minimum atomic E-state index is 0.410. The maximum atomic E-state index is 6.09. The average molecular weight is 363 g/mol. The van der Waals surface area contributed by atoms with Crippen LogP contribution in [0, 0.1) is 0 Å². The van der Waals surface area contributed by atoms with Crippen LogP contribution in [0.3, 0.4) is 0 Å². The molecule has 1 fully saturated rings. The first-order valence-corrected chi connectivity index (χ1v) is 9.38. The third-order valence-electron chi connectivity index (χ3n) is 4.62. The molecule has 0 bridgehead atoms. The zero-order chi connectivity index (χ0) is 17.6. The standard InChI is InChI=1S/C19H27ClN4O/c1-15(2)19-13-18(25-22-19)14-21-6-7-23-8-10-24(11-9-23)17-5-3-4-16(20)12-17/h3-5,12-13,15,21H,6-11,14H2,1-2H3. The molecule has 1 aliphatic rings. The van der Waals surface area contributed by atoms with Crippen LogP contribution in [0.25, 0.3) is 0 Å². The fourth-order valence-corrected chi connectivity index (χ4v) is 3.22. The molecule has 5 nitrogen and oxygen atoms in total. The number of piperazine rings is 1. The predicted octanol–water partition coefficient (Wildman–Crippen LogP) is 3.36. The normalized spacial score (nSPS) is 15.9. The van der Waals surface area contributed by atoms with E-state index < -0.39 is 0 Å². The van der Waals surface area contributed by atoms with Crippen molar-refractivity contribution in [2.45, 2.75) is 26.3 Å². The van der Waals surface area contributed by atoms with Gasteiger partial charge >= 0.3 is 0 Å². The molecule has 1 aliphatic heterocycles. The van der Waals surface area contributed by atoms with Gasteiger partial charge in [-0.2, -0.15) is 0 Å². The number of aromatic nitrogens is 1. The summed E-state index contributed by atoms with van der Waals surface area (Å²) in [6.45, 7) is 11.2. The molecule has 1 aromatic carbocycles. The van der Waals surface area contributed by atoms with Crippen LogP contribution in [0.4, 0.5) is 5.69 Å². The lowest BCUT2D eigenvalue weighted by atomic mass is 10.1. The van der Waals surface area contributed by atoms with E-state index >= 15 is 0 Å². The zero-order valence-electron chi connectivity index (χ0n) is 15.0. The molecule has 0 spiro atoms. The summed E-state index contributed by atoms with van der Waals surface area (Å²) in [5, 5.41) is 8.34. The molecule has 3 rings (SSSR count). The Morgan fingerprint density at radius 3 is 2.68 bits per heavy atom. The zero-order valence-corrected chi connectivity index (χ0v) is 15.8. The van der Waals surface area contributed by atoms with Crippen molar-refractivity contribution in [2.24, 2.45) is 0 Å². The van der Waals surface area contributed by atoms with Crippen LogP contribution in [0.15, 0.2) is 34.9 Å². The van der Waals surface area contributed by atoms with Gasteiger partial charge in [-0.15, -0.1) is 0 Å². The first kappa shape index (κ1) is 18.2. The molecule has 2 heterocycles. The van der Waals surface area contributed by atoms with Crippen molar-refractivity contribution >= 4 is 17.3 Å². The van der Waals surface area contributed by atoms with Gasteiger partial charge < -0.3 is 14.7 Å². The third kappa shape index (κ3) is 5.21. The fourth-order valence-electron chi connectivity index (χ4n) is 3.04. The molecular weight excluding hydrogens is 336 g/mol. The molecule has 136 valence electrons. The van der Waals surface area contributed by atoms with Crippen molar-refractivity contribution in [3.63, 3.8) is 0 Å². The number of benzene rings is 1. The van der Waals surface area contributed by atoms with Gasteiger partial charge in [-0.3, -0.25) is 4.90 Å². The molecule has 0 aliphatic carbocycles. The molecule has 0 atom stereocenters. The quantitative estimate of drug-likeness (QED) is 0.765. The van der Waals surface area contributed by atoms with Crippen molar-refractivity contribution in [3.8, 4) is 0 Å². The highest BCUT2D eigenvalue weighted by atomic mass is 35.5. The highest BCUT2D eigenvalue weighted by Gasteiger charge is 2.17. The van der Waals surface area contributed by atoms with Gasteiger partial charge in [0.15, 0.2) is 5.76 Å². The molecule has 6 heteroatoms. The van der Waals surface area contributed by atoms with E-state index in [-0.39, 0.29) is 0 Å². The second-order valence-corrected chi connectivity index (χ2v) is 7.29. The van der Waals surface area contributed by atoms with Crippen molar-refractivity contribution in [1.29, 1.82) is 0 Å². The number of halogens is 1. The molecule has 1 saturated heterocycles. The fraction of sp³-hybridized carbons (Fsp3) is 0.526. The van der Waals surface area contributed by atoms with Crippen LogP contribution in [0.5, 0.6) is 0 Å². The van der Waals surface area contributed by atoms with Crippen LogP contribution in [0.2, 0.25) is 5.02 Å². The molecule has 1 N–H and O–H groups in total. The molecule has 2 aromatic rings. The number of nitrogens with zero attached hydrogens (tertiary/aromatic N) is 3. The Kier molecular flexibility index (Phi) is 6.34. The lowest BCUT2D eigenvalue weighted by molar-refractivity contribution is 0.255. The highest BCUT2D eigenvalue weighted by Crippen LogP contribution is 2.20. The van der Waals surface area contributed by atoms with E-state index in [1.165, 1.54) is 5.69 Å². The summed E-state index contributed by atoms with van der Waals surface area (Å²) >= 11 is 6.09. The summed E-state index contributed by atoms with van der Waals surface area (Å²) in [5.41, 5.74) is 2.24. The predicted molar refractivity (Wildman–Crippen MR) is 102 cm³/mol. The van der Waals surface area contributed by atoms with E-state index in [0.29, 0.717) is 5.92 Å². The van der Waals surface area contributed by atoms with Gasteiger partial charge in [0, 0.05) is 56.0 Å². The molecule has 0 unspecified atom stereocenters. The first-order valence-electron chi connectivity index (χ1n) is 9.01. The first-order chi connectivity index (χ1) is 12.1. The highest BCUT2D eigenvalue weighted by molar-refractivity contribution is 6.30. The Balaban J connectivity index is 1.35. The van der Waals surface area contributed by atoms with Gasteiger partial charge in [-0.1, -0.05) is 36.7 Å². The largest absolute Gasteiger partial charge is 0.369 e. The number of nitrogens with one attached hydrogen (secondary N) is 1. The molecule has 0 saturated carbocycles. The van der Waals surface area contributed by atoms with E-state index in [0.717, 1.165) is 62.3 Å². The minimum Gasteiger partial charge on any atom is -0.369 e. The Morgan fingerprint density at radius 2 is 2.00 bits per heavy atom. The van der Waals surface area contributed by atoms with E-state index in [2.05, 4.69) is 40.2 Å². The van der Waals surface area contributed by atoms with Crippen molar-refractivity contribution in [3.05, 3.63) is 46.8 Å². The van der Waals surface area contributed by atoms with Gasteiger partial charge in [0.2, 0.25) is 0 Å². The van der Waals surface area contributed by atoms with Gasteiger partial charge in [0.1, 0.15) is 0 Å². The van der Waals surface area contributed by atoms with Crippen molar-refractivity contribution in [2.75, 3.05) is 44.2 Å². The summed E-state index contributed by atoms with van der Waals surface area (Å²) in [7, 11) is 0. The van der Waals surface area contributed by atoms with Crippen LogP contribution >= 0.6 is 11.6 Å². The van der Waals surface area contributed by atoms with Gasteiger partial charge in [-0.25, -0.2) is 0 Å². The van der Waals surface area contributed by atoms with Gasteiger partial charge in [0.25, 0.3) is 0 Å². The van der Waals surface area contributed by atoms with E-state index in [9.17, 15) is 0 Å². The summed E-state index contributed by atoms with van der Waals surface area (Å²) in [6.07, 6.45) is 0. The second kappa shape index (κ2) is 8.70. The van der Waals surface area contributed by atoms with Gasteiger partial charge in [0.05, 0.1) is 12.2 Å². The Bertz CT molecular complexity index is 665. The summed E-state index contributed by atoms with van der Waals surface area (Å²) in [4.78, 5) is 4.89. The van der Waals surface area contributed by atoms with Crippen LogP contribution in [-0.2, 0) is 6.54 Å². The number of hydrogen-bond donors (Lipinski definition) is 1. The number of anilines is 1. The Hall–Kier alpha value is -1.56. The monoisotopic (exact) mass is 362 g/mol. The maximum Gasteiger partial charge on any atom is 0.150 e. The smallest absolute Gasteiger partial charge is 0.150 e. The van der Waals surface area contributed by atoms with Crippen LogP contribution < -0.4 is 10.2 Å².